The Morgan fingerprint density at radius 3 is 3.06 bits per heavy atom. The molecule has 2 rings (SSSR count). The summed E-state index contributed by atoms with van der Waals surface area (Å²) in [6, 6.07) is 5.97. The fourth-order valence-electron chi connectivity index (χ4n) is 1.74. The number of rotatable bonds is 8. The number of hydrogen-bond donors (Lipinski definition) is 1. The van der Waals surface area contributed by atoms with Gasteiger partial charge in [0.25, 0.3) is 0 Å². The maximum Gasteiger partial charge on any atom is 0.195 e. The molecular formula is C13H20N4S. The van der Waals surface area contributed by atoms with Crippen LogP contribution in [-0.4, -0.2) is 33.4 Å². The molecule has 0 fully saturated rings. The van der Waals surface area contributed by atoms with Crippen LogP contribution in [0.1, 0.15) is 26.2 Å². The molecule has 4 nitrogen and oxygen atoms in total. The van der Waals surface area contributed by atoms with E-state index in [0.29, 0.717) is 0 Å². The summed E-state index contributed by atoms with van der Waals surface area (Å²) in [6.45, 7) is 4.44. The lowest BCUT2D eigenvalue weighted by atomic mass is 10.3. The van der Waals surface area contributed by atoms with Crippen molar-refractivity contribution in [3.05, 3.63) is 24.4 Å². The minimum atomic E-state index is 0.921. The molecule has 18 heavy (non-hydrogen) atoms. The molecule has 0 spiro atoms. The van der Waals surface area contributed by atoms with Gasteiger partial charge in [0, 0.05) is 11.9 Å². The molecule has 0 radical (unpaired) electrons. The van der Waals surface area contributed by atoms with Gasteiger partial charge < -0.3 is 5.32 Å². The van der Waals surface area contributed by atoms with E-state index >= 15 is 0 Å². The van der Waals surface area contributed by atoms with Crippen LogP contribution in [0.25, 0.3) is 5.65 Å². The van der Waals surface area contributed by atoms with E-state index in [1.807, 2.05) is 28.8 Å². The number of nitrogens with one attached hydrogen (secondary N) is 1. The van der Waals surface area contributed by atoms with Crippen molar-refractivity contribution in [2.24, 2.45) is 0 Å². The van der Waals surface area contributed by atoms with E-state index in [4.69, 9.17) is 0 Å². The predicted molar refractivity (Wildman–Crippen MR) is 76.1 cm³/mol. The van der Waals surface area contributed by atoms with Crippen molar-refractivity contribution in [1.29, 1.82) is 0 Å². The zero-order valence-electron chi connectivity index (χ0n) is 10.8. The Bertz CT molecular complexity index is 469. The third-order valence-electron chi connectivity index (χ3n) is 2.69. The lowest BCUT2D eigenvalue weighted by molar-refractivity contribution is 0.635. The normalized spacial score (nSPS) is 11.2. The Labute approximate surface area is 112 Å². The fourth-order valence-corrected chi connectivity index (χ4v) is 2.66. The monoisotopic (exact) mass is 264 g/mol. The first-order valence-electron chi connectivity index (χ1n) is 6.55. The van der Waals surface area contributed by atoms with Crippen LogP contribution in [0.15, 0.2) is 29.6 Å². The first-order valence-corrected chi connectivity index (χ1v) is 7.53. The largest absolute Gasteiger partial charge is 0.317 e. The Kier molecular flexibility index (Phi) is 5.48. The van der Waals surface area contributed by atoms with E-state index in [1.165, 1.54) is 19.3 Å². The molecule has 1 N–H and O–H groups in total. The van der Waals surface area contributed by atoms with Gasteiger partial charge in [0.1, 0.15) is 0 Å². The average molecular weight is 264 g/mol. The molecule has 0 unspecified atom stereocenters. The molecule has 2 aromatic rings. The summed E-state index contributed by atoms with van der Waals surface area (Å²) in [6.07, 6.45) is 5.66. The third kappa shape index (κ3) is 3.71. The molecule has 98 valence electrons. The van der Waals surface area contributed by atoms with Gasteiger partial charge in [-0.25, -0.2) is 0 Å². The predicted octanol–water partition coefficient (Wildman–Crippen LogP) is 2.60. The van der Waals surface area contributed by atoms with Crippen molar-refractivity contribution < 1.29 is 0 Å². The van der Waals surface area contributed by atoms with E-state index in [-0.39, 0.29) is 0 Å². The summed E-state index contributed by atoms with van der Waals surface area (Å²) in [5.41, 5.74) is 0.921. The maximum atomic E-state index is 4.20. The van der Waals surface area contributed by atoms with E-state index < -0.39 is 0 Å². The van der Waals surface area contributed by atoms with Crippen LogP contribution in [0, 0.1) is 0 Å². The van der Waals surface area contributed by atoms with Gasteiger partial charge in [0.05, 0.1) is 0 Å². The molecule has 0 aromatic carbocycles. The maximum absolute atomic E-state index is 4.20. The van der Waals surface area contributed by atoms with Crippen LogP contribution in [0.4, 0.5) is 0 Å². The Hall–Kier alpha value is -1.07. The summed E-state index contributed by atoms with van der Waals surface area (Å²) in [7, 11) is 0. The van der Waals surface area contributed by atoms with Gasteiger partial charge in [-0.2, -0.15) is 0 Å². The van der Waals surface area contributed by atoms with Crippen LogP contribution in [0.5, 0.6) is 0 Å². The van der Waals surface area contributed by atoms with Crippen molar-refractivity contribution in [2.75, 3.05) is 18.8 Å². The third-order valence-corrected chi connectivity index (χ3v) is 3.72. The van der Waals surface area contributed by atoms with Gasteiger partial charge in [0.15, 0.2) is 10.8 Å². The summed E-state index contributed by atoms with van der Waals surface area (Å²) in [5.74, 6) is 1.10. The SMILES string of the molecule is CCCNCCCCSc1nnc2ccccn12. The molecule has 0 saturated carbocycles. The number of pyridine rings is 1. The van der Waals surface area contributed by atoms with E-state index in [0.717, 1.165) is 29.6 Å². The summed E-state index contributed by atoms with van der Waals surface area (Å²) < 4.78 is 2.04. The average Bonchev–Trinajstić information content (AvgIpc) is 2.81. The van der Waals surface area contributed by atoms with E-state index in [2.05, 4.69) is 22.4 Å². The number of fused-ring (bicyclic) bond motifs is 1. The van der Waals surface area contributed by atoms with Crippen molar-refractivity contribution in [2.45, 2.75) is 31.3 Å². The van der Waals surface area contributed by atoms with E-state index in [9.17, 15) is 0 Å². The number of unbranched alkanes of at least 4 members (excludes halogenated alkanes) is 1. The molecular weight excluding hydrogens is 244 g/mol. The molecule has 0 aliphatic carbocycles. The van der Waals surface area contributed by atoms with Crippen molar-refractivity contribution in [3.63, 3.8) is 0 Å². The molecule has 0 bridgehead atoms. The lowest BCUT2D eigenvalue weighted by Gasteiger charge is -2.02. The molecule has 0 saturated heterocycles. The van der Waals surface area contributed by atoms with Gasteiger partial charge >= 0.3 is 0 Å². The van der Waals surface area contributed by atoms with Gasteiger partial charge in [0.2, 0.25) is 0 Å². The van der Waals surface area contributed by atoms with Crippen LogP contribution in [0.3, 0.4) is 0 Å². The lowest BCUT2D eigenvalue weighted by Crippen LogP contribution is -2.15. The smallest absolute Gasteiger partial charge is 0.195 e. The van der Waals surface area contributed by atoms with E-state index in [1.54, 1.807) is 11.8 Å². The van der Waals surface area contributed by atoms with Gasteiger partial charge in [-0.05, 0) is 44.5 Å². The number of aromatic nitrogens is 3. The molecule has 0 aliphatic heterocycles. The second-order valence-corrected chi connectivity index (χ2v) is 5.28. The Morgan fingerprint density at radius 2 is 2.17 bits per heavy atom. The molecule has 0 amide bonds. The summed E-state index contributed by atoms with van der Waals surface area (Å²) in [5, 5.41) is 12.7. The highest BCUT2D eigenvalue weighted by Gasteiger charge is 2.03. The number of thioether (sulfide) groups is 1. The highest BCUT2D eigenvalue weighted by atomic mass is 32.2. The van der Waals surface area contributed by atoms with Crippen LogP contribution in [-0.2, 0) is 0 Å². The number of nitrogens with zero attached hydrogens (tertiary/aromatic N) is 3. The number of hydrogen-bond acceptors (Lipinski definition) is 4. The van der Waals surface area contributed by atoms with Crippen molar-refractivity contribution in [1.82, 2.24) is 19.9 Å². The van der Waals surface area contributed by atoms with Crippen LogP contribution >= 0.6 is 11.8 Å². The minimum Gasteiger partial charge on any atom is -0.317 e. The molecule has 5 heteroatoms. The highest BCUT2D eigenvalue weighted by Crippen LogP contribution is 2.17. The quantitative estimate of drug-likeness (QED) is 0.588. The Morgan fingerprint density at radius 1 is 1.22 bits per heavy atom. The van der Waals surface area contributed by atoms with Crippen molar-refractivity contribution in [3.8, 4) is 0 Å². The van der Waals surface area contributed by atoms with Gasteiger partial charge in [-0.15, -0.1) is 10.2 Å². The second-order valence-electron chi connectivity index (χ2n) is 4.22. The molecule has 2 heterocycles. The zero-order valence-corrected chi connectivity index (χ0v) is 11.6. The standard InChI is InChI=1S/C13H20N4S/c1-2-8-14-9-4-6-11-18-13-16-15-12-7-3-5-10-17(12)13/h3,5,7,10,14H,2,4,6,8-9,11H2,1H3. The Balaban J connectivity index is 1.70. The van der Waals surface area contributed by atoms with Crippen molar-refractivity contribution >= 4 is 17.4 Å². The van der Waals surface area contributed by atoms with Gasteiger partial charge in [-0.3, -0.25) is 4.40 Å². The van der Waals surface area contributed by atoms with Crippen LogP contribution in [0.2, 0.25) is 0 Å². The summed E-state index contributed by atoms with van der Waals surface area (Å²) >= 11 is 1.78. The van der Waals surface area contributed by atoms with Crippen LogP contribution < -0.4 is 5.32 Å². The first kappa shape index (κ1) is 13.4. The first-order chi connectivity index (χ1) is 8.92. The molecule has 0 aliphatic rings. The highest BCUT2D eigenvalue weighted by molar-refractivity contribution is 7.99. The van der Waals surface area contributed by atoms with Gasteiger partial charge in [-0.1, -0.05) is 24.8 Å². The zero-order chi connectivity index (χ0) is 12.6. The molecule has 2 aromatic heterocycles. The minimum absolute atomic E-state index is 0.921. The second kappa shape index (κ2) is 7.38. The summed E-state index contributed by atoms with van der Waals surface area (Å²) in [4.78, 5) is 0. The topological polar surface area (TPSA) is 42.2 Å². The molecule has 0 atom stereocenters. The fraction of sp³-hybridized carbons (Fsp3) is 0.538.